The summed E-state index contributed by atoms with van der Waals surface area (Å²) in [6.45, 7) is 4.89. The molecule has 0 aromatic heterocycles. The second-order valence-corrected chi connectivity index (χ2v) is 5.00. The molecule has 3 unspecified atom stereocenters. The number of nitrogens with two attached hydrogens (primary N) is 1. The summed E-state index contributed by atoms with van der Waals surface area (Å²) >= 11 is 0. The van der Waals surface area contributed by atoms with Gasteiger partial charge in [0.25, 0.3) is 0 Å². The standard InChI is InChI=1S/C12H24N2O2.ClH/c1-15-12-2-4-14(11(6-12)7-13)8-10-3-5-16-9-10;/h10-12H,2-9,13H2,1H3;1H. The Morgan fingerprint density at radius 3 is 2.82 bits per heavy atom. The normalized spacial score (nSPS) is 34.6. The van der Waals surface area contributed by atoms with Gasteiger partial charge in [0, 0.05) is 39.4 Å². The summed E-state index contributed by atoms with van der Waals surface area (Å²) in [6, 6.07) is 0.499. The average molecular weight is 265 g/mol. The van der Waals surface area contributed by atoms with E-state index in [0.717, 1.165) is 45.7 Å². The third-order valence-corrected chi connectivity index (χ3v) is 3.91. The molecular weight excluding hydrogens is 240 g/mol. The zero-order valence-electron chi connectivity index (χ0n) is 10.6. The molecular formula is C12H25ClN2O2. The SMILES string of the molecule is COC1CCN(CC2CCOC2)C(CN)C1.Cl. The van der Waals surface area contributed by atoms with Crippen LogP contribution < -0.4 is 5.73 Å². The molecule has 102 valence electrons. The molecule has 2 rings (SSSR count). The molecule has 0 bridgehead atoms. The highest BCUT2D eigenvalue weighted by atomic mass is 35.5. The van der Waals surface area contributed by atoms with Crippen LogP contribution in [0.5, 0.6) is 0 Å². The third-order valence-electron chi connectivity index (χ3n) is 3.91. The topological polar surface area (TPSA) is 47.7 Å². The fraction of sp³-hybridized carbons (Fsp3) is 1.00. The Bertz CT molecular complexity index is 213. The zero-order chi connectivity index (χ0) is 11.4. The first-order chi connectivity index (χ1) is 7.83. The van der Waals surface area contributed by atoms with Crippen LogP contribution >= 0.6 is 12.4 Å². The van der Waals surface area contributed by atoms with Gasteiger partial charge in [-0.25, -0.2) is 0 Å². The monoisotopic (exact) mass is 264 g/mol. The molecule has 2 saturated heterocycles. The smallest absolute Gasteiger partial charge is 0.0599 e. The van der Waals surface area contributed by atoms with Gasteiger partial charge in [-0.1, -0.05) is 0 Å². The molecule has 4 nitrogen and oxygen atoms in total. The highest BCUT2D eigenvalue weighted by Crippen LogP contribution is 2.22. The Kier molecular flexibility index (Phi) is 6.74. The second-order valence-electron chi connectivity index (χ2n) is 5.00. The van der Waals surface area contributed by atoms with Crippen LogP contribution in [-0.2, 0) is 9.47 Å². The Hall–Kier alpha value is 0.130. The Labute approximate surface area is 110 Å². The van der Waals surface area contributed by atoms with Crippen molar-refractivity contribution in [3.63, 3.8) is 0 Å². The van der Waals surface area contributed by atoms with Crippen molar-refractivity contribution in [2.75, 3.05) is 40.0 Å². The van der Waals surface area contributed by atoms with E-state index in [0.29, 0.717) is 18.1 Å². The zero-order valence-corrected chi connectivity index (χ0v) is 11.5. The lowest BCUT2D eigenvalue weighted by molar-refractivity contribution is 0.00718. The summed E-state index contributed by atoms with van der Waals surface area (Å²) in [5.41, 5.74) is 5.86. The molecule has 2 N–H and O–H groups in total. The van der Waals surface area contributed by atoms with Crippen LogP contribution in [0.15, 0.2) is 0 Å². The van der Waals surface area contributed by atoms with Crippen molar-refractivity contribution >= 4 is 12.4 Å². The van der Waals surface area contributed by atoms with Crippen molar-refractivity contribution in [1.29, 1.82) is 0 Å². The minimum atomic E-state index is 0. The van der Waals surface area contributed by atoms with Crippen LogP contribution in [0.2, 0.25) is 0 Å². The number of methoxy groups -OCH3 is 1. The molecule has 0 amide bonds. The predicted molar refractivity (Wildman–Crippen MR) is 70.6 cm³/mol. The van der Waals surface area contributed by atoms with Crippen molar-refractivity contribution < 1.29 is 9.47 Å². The van der Waals surface area contributed by atoms with E-state index < -0.39 is 0 Å². The molecule has 0 aromatic carbocycles. The van der Waals surface area contributed by atoms with Crippen molar-refractivity contribution in [2.24, 2.45) is 11.7 Å². The number of rotatable bonds is 4. The molecule has 2 fully saturated rings. The second kappa shape index (κ2) is 7.54. The van der Waals surface area contributed by atoms with Gasteiger partial charge in [-0.2, -0.15) is 0 Å². The van der Waals surface area contributed by atoms with Gasteiger partial charge in [0.15, 0.2) is 0 Å². The largest absolute Gasteiger partial charge is 0.381 e. The lowest BCUT2D eigenvalue weighted by atomic mass is 9.97. The Morgan fingerprint density at radius 1 is 1.41 bits per heavy atom. The molecule has 5 heteroatoms. The van der Waals surface area contributed by atoms with Crippen LogP contribution in [0.3, 0.4) is 0 Å². The highest BCUT2D eigenvalue weighted by molar-refractivity contribution is 5.85. The number of piperidine rings is 1. The number of nitrogens with zero attached hydrogens (tertiary/aromatic N) is 1. The van der Waals surface area contributed by atoms with E-state index in [-0.39, 0.29) is 12.4 Å². The molecule has 0 radical (unpaired) electrons. The van der Waals surface area contributed by atoms with Crippen molar-refractivity contribution in [2.45, 2.75) is 31.4 Å². The molecule has 0 spiro atoms. The third kappa shape index (κ3) is 4.07. The summed E-state index contributed by atoms with van der Waals surface area (Å²) in [7, 11) is 1.80. The first-order valence-electron chi connectivity index (χ1n) is 6.38. The minimum absolute atomic E-state index is 0. The van der Waals surface area contributed by atoms with Gasteiger partial charge in [0.1, 0.15) is 0 Å². The molecule has 0 aromatic rings. The number of halogens is 1. The number of ether oxygens (including phenoxy) is 2. The maximum Gasteiger partial charge on any atom is 0.0599 e. The molecule has 2 aliphatic heterocycles. The van der Waals surface area contributed by atoms with Crippen LogP contribution in [0.25, 0.3) is 0 Å². The molecule has 2 heterocycles. The van der Waals surface area contributed by atoms with E-state index in [2.05, 4.69) is 4.90 Å². The van der Waals surface area contributed by atoms with Crippen LogP contribution in [0.1, 0.15) is 19.3 Å². The Morgan fingerprint density at radius 2 is 2.24 bits per heavy atom. The van der Waals surface area contributed by atoms with Gasteiger partial charge in [-0.15, -0.1) is 12.4 Å². The first-order valence-corrected chi connectivity index (χ1v) is 6.38. The van der Waals surface area contributed by atoms with Crippen molar-refractivity contribution in [3.05, 3.63) is 0 Å². The van der Waals surface area contributed by atoms with Gasteiger partial charge >= 0.3 is 0 Å². The summed E-state index contributed by atoms with van der Waals surface area (Å²) in [6.07, 6.45) is 3.84. The first kappa shape index (κ1) is 15.2. The quantitative estimate of drug-likeness (QED) is 0.819. The number of hydrogen-bond donors (Lipinski definition) is 1. The highest BCUT2D eigenvalue weighted by Gasteiger charge is 2.29. The predicted octanol–water partition coefficient (Wildman–Crippen LogP) is 0.883. The molecule has 2 aliphatic rings. The molecule has 0 aliphatic carbocycles. The van der Waals surface area contributed by atoms with Crippen LogP contribution in [-0.4, -0.2) is 57.0 Å². The van der Waals surface area contributed by atoms with E-state index in [1.54, 1.807) is 7.11 Å². The minimum Gasteiger partial charge on any atom is -0.381 e. The molecule has 0 saturated carbocycles. The lowest BCUT2D eigenvalue weighted by Crippen LogP contribution is -2.50. The maximum atomic E-state index is 5.86. The van der Waals surface area contributed by atoms with E-state index in [4.69, 9.17) is 15.2 Å². The van der Waals surface area contributed by atoms with Crippen molar-refractivity contribution in [1.82, 2.24) is 4.90 Å². The van der Waals surface area contributed by atoms with Gasteiger partial charge < -0.3 is 15.2 Å². The van der Waals surface area contributed by atoms with Gasteiger partial charge in [0.2, 0.25) is 0 Å². The van der Waals surface area contributed by atoms with Gasteiger partial charge in [0.05, 0.1) is 12.7 Å². The maximum absolute atomic E-state index is 5.86. The van der Waals surface area contributed by atoms with Crippen LogP contribution in [0, 0.1) is 5.92 Å². The summed E-state index contributed by atoms with van der Waals surface area (Å²) in [5, 5.41) is 0. The van der Waals surface area contributed by atoms with Crippen molar-refractivity contribution in [3.8, 4) is 0 Å². The summed E-state index contributed by atoms with van der Waals surface area (Å²) in [4.78, 5) is 2.54. The van der Waals surface area contributed by atoms with Gasteiger partial charge in [-0.3, -0.25) is 4.90 Å². The fourth-order valence-corrected chi connectivity index (χ4v) is 2.82. The van der Waals surface area contributed by atoms with Gasteiger partial charge in [-0.05, 0) is 25.2 Å². The number of likely N-dealkylation sites (tertiary alicyclic amines) is 1. The van der Waals surface area contributed by atoms with E-state index in [9.17, 15) is 0 Å². The summed E-state index contributed by atoms with van der Waals surface area (Å²) in [5.74, 6) is 0.716. The molecule has 17 heavy (non-hydrogen) atoms. The van der Waals surface area contributed by atoms with E-state index >= 15 is 0 Å². The van der Waals surface area contributed by atoms with Crippen LogP contribution in [0.4, 0.5) is 0 Å². The lowest BCUT2D eigenvalue weighted by Gasteiger charge is -2.39. The number of hydrogen-bond acceptors (Lipinski definition) is 4. The van der Waals surface area contributed by atoms with E-state index in [1.165, 1.54) is 6.42 Å². The Balaban J connectivity index is 0.00000144. The summed E-state index contributed by atoms with van der Waals surface area (Å²) < 4.78 is 10.9. The average Bonchev–Trinajstić information content (AvgIpc) is 2.82. The van der Waals surface area contributed by atoms with E-state index in [1.807, 2.05) is 0 Å². The molecule has 3 atom stereocenters. The fourth-order valence-electron chi connectivity index (χ4n) is 2.82.